The predicted molar refractivity (Wildman–Crippen MR) is 84.2 cm³/mol. The number of rotatable bonds is 8. The average Bonchev–Trinajstić information content (AvgIpc) is 2.50. The lowest BCUT2D eigenvalue weighted by molar-refractivity contribution is -0.136. The molecule has 0 amide bonds. The molecule has 1 aromatic rings. The molecule has 1 atom stereocenters. The lowest BCUT2D eigenvalue weighted by Crippen LogP contribution is -2.09. The molecule has 0 heterocycles. The summed E-state index contributed by atoms with van der Waals surface area (Å²) in [5.41, 5.74) is 0.986. The molecule has 1 aromatic carbocycles. The maximum absolute atomic E-state index is 12.0. The summed E-state index contributed by atoms with van der Waals surface area (Å²) in [5.74, 6) is 7.13. The predicted octanol–water partition coefficient (Wildman–Crippen LogP) is 5.07. The minimum absolute atomic E-state index is 0.0354. The third-order valence-electron chi connectivity index (χ3n) is 3.19. The third kappa shape index (κ3) is 7.64. The molecule has 0 bridgehead atoms. The van der Waals surface area contributed by atoms with Gasteiger partial charge in [-0.05, 0) is 31.0 Å². The van der Waals surface area contributed by atoms with Gasteiger partial charge < -0.3 is 9.47 Å². The van der Waals surface area contributed by atoms with Crippen molar-refractivity contribution in [2.75, 3.05) is 13.7 Å². The molecule has 1 rings (SSSR count). The maximum atomic E-state index is 12.0. The Balaban J connectivity index is 2.59. The van der Waals surface area contributed by atoms with E-state index in [2.05, 4.69) is 18.4 Å². The van der Waals surface area contributed by atoms with Gasteiger partial charge in [-0.3, -0.25) is 0 Å². The normalized spacial score (nSPS) is 12.0. The van der Waals surface area contributed by atoms with Crippen LogP contribution in [0.1, 0.15) is 37.7 Å². The van der Waals surface area contributed by atoms with Gasteiger partial charge in [0.15, 0.2) is 0 Å². The molecule has 0 aliphatic rings. The van der Waals surface area contributed by atoms with Gasteiger partial charge in [-0.15, -0.1) is 5.92 Å². The van der Waals surface area contributed by atoms with Crippen molar-refractivity contribution in [3.05, 3.63) is 42.2 Å². The van der Waals surface area contributed by atoms with Crippen molar-refractivity contribution in [3.8, 4) is 17.6 Å². The van der Waals surface area contributed by atoms with Gasteiger partial charge in [0, 0.05) is 12.8 Å². The highest BCUT2D eigenvalue weighted by Crippen LogP contribution is 2.25. The molecule has 2 nitrogen and oxygen atoms in total. The molecule has 0 radical (unpaired) electrons. The SMILES string of the molecule is C=C(CC(C#CC)c1ccc(OCCCC(F)(F)F)cc1)OC. The topological polar surface area (TPSA) is 18.5 Å². The Morgan fingerprint density at radius 3 is 2.43 bits per heavy atom. The van der Waals surface area contributed by atoms with Crippen molar-refractivity contribution >= 4 is 0 Å². The van der Waals surface area contributed by atoms with Crippen molar-refractivity contribution in [3.63, 3.8) is 0 Å². The van der Waals surface area contributed by atoms with Crippen LogP contribution in [-0.4, -0.2) is 19.9 Å². The van der Waals surface area contributed by atoms with Gasteiger partial charge in [0.05, 0.1) is 25.4 Å². The molecule has 0 N–H and O–H groups in total. The molecule has 0 aliphatic heterocycles. The van der Waals surface area contributed by atoms with Crippen LogP contribution >= 0.6 is 0 Å². The Labute approximate surface area is 135 Å². The summed E-state index contributed by atoms with van der Waals surface area (Å²) < 4.78 is 46.5. The van der Waals surface area contributed by atoms with Gasteiger partial charge in [0.1, 0.15) is 5.75 Å². The third-order valence-corrected chi connectivity index (χ3v) is 3.19. The van der Waals surface area contributed by atoms with Gasteiger partial charge in [0.25, 0.3) is 0 Å². The van der Waals surface area contributed by atoms with Gasteiger partial charge >= 0.3 is 6.18 Å². The minimum atomic E-state index is -4.14. The van der Waals surface area contributed by atoms with Gasteiger partial charge in [-0.25, -0.2) is 0 Å². The largest absolute Gasteiger partial charge is 0.502 e. The number of allylic oxidation sites excluding steroid dienone is 1. The van der Waals surface area contributed by atoms with Gasteiger partial charge in [0.2, 0.25) is 0 Å². The summed E-state index contributed by atoms with van der Waals surface area (Å²) in [7, 11) is 1.57. The first-order valence-corrected chi connectivity index (χ1v) is 7.29. The van der Waals surface area contributed by atoms with Crippen LogP contribution in [0.4, 0.5) is 13.2 Å². The van der Waals surface area contributed by atoms with E-state index in [9.17, 15) is 13.2 Å². The van der Waals surface area contributed by atoms with Gasteiger partial charge in [-0.1, -0.05) is 24.6 Å². The molecule has 0 spiro atoms. The minimum Gasteiger partial charge on any atom is -0.502 e. The quantitative estimate of drug-likeness (QED) is 0.377. The summed E-state index contributed by atoms with van der Waals surface area (Å²) in [6.45, 7) is 5.61. The van der Waals surface area contributed by atoms with E-state index in [1.54, 1.807) is 26.2 Å². The fraction of sp³-hybridized carbons (Fsp3) is 0.444. The first-order chi connectivity index (χ1) is 10.9. The molecule has 1 unspecified atom stereocenters. The molecule has 0 saturated heterocycles. The van der Waals surface area contributed by atoms with E-state index in [-0.39, 0.29) is 18.9 Å². The first kappa shape index (κ1) is 19.0. The second-order valence-corrected chi connectivity index (χ2v) is 5.03. The number of halogens is 3. The smallest absolute Gasteiger partial charge is 0.389 e. The summed E-state index contributed by atoms with van der Waals surface area (Å²) in [4.78, 5) is 0. The number of hydrogen-bond donors (Lipinski definition) is 0. The molecular weight excluding hydrogens is 305 g/mol. The second-order valence-electron chi connectivity index (χ2n) is 5.03. The Kier molecular flexibility index (Phi) is 7.53. The van der Waals surface area contributed by atoms with Crippen molar-refractivity contribution in [2.24, 2.45) is 0 Å². The van der Waals surface area contributed by atoms with Crippen molar-refractivity contribution < 1.29 is 22.6 Å². The van der Waals surface area contributed by atoms with Crippen LogP contribution < -0.4 is 4.74 Å². The van der Waals surface area contributed by atoms with Crippen LogP contribution in [-0.2, 0) is 4.74 Å². The number of methoxy groups -OCH3 is 1. The molecular formula is C18H21F3O2. The molecule has 0 fully saturated rings. The van der Waals surface area contributed by atoms with Crippen LogP contribution in [0.5, 0.6) is 5.75 Å². The zero-order valence-electron chi connectivity index (χ0n) is 13.4. The Morgan fingerprint density at radius 2 is 1.91 bits per heavy atom. The van der Waals surface area contributed by atoms with Gasteiger partial charge in [-0.2, -0.15) is 13.2 Å². The molecule has 5 heteroatoms. The van der Waals surface area contributed by atoms with Crippen LogP contribution in [0.3, 0.4) is 0 Å². The number of alkyl halides is 3. The fourth-order valence-corrected chi connectivity index (χ4v) is 2.00. The summed E-state index contributed by atoms with van der Waals surface area (Å²) in [6.07, 6.45) is -4.44. The number of hydrogen-bond acceptors (Lipinski definition) is 2. The standard InChI is InChI=1S/C18H21F3O2/c1-4-6-16(13-14(2)22-3)15-7-9-17(10-8-15)23-12-5-11-18(19,20)21/h7-10,16H,2,5,11-13H2,1,3H3. The van der Waals surface area contributed by atoms with Crippen LogP contribution in [0, 0.1) is 11.8 Å². The lowest BCUT2D eigenvalue weighted by Gasteiger charge is -2.13. The van der Waals surface area contributed by atoms with Crippen LogP contribution in [0.25, 0.3) is 0 Å². The summed E-state index contributed by atoms with van der Waals surface area (Å²) >= 11 is 0. The Bertz CT molecular complexity index is 550. The fourth-order valence-electron chi connectivity index (χ4n) is 2.00. The van der Waals surface area contributed by atoms with Crippen molar-refractivity contribution in [1.29, 1.82) is 0 Å². The van der Waals surface area contributed by atoms with E-state index >= 15 is 0 Å². The highest BCUT2D eigenvalue weighted by atomic mass is 19.4. The highest BCUT2D eigenvalue weighted by molar-refractivity contribution is 5.34. The van der Waals surface area contributed by atoms with E-state index in [4.69, 9.17) is 9.47 Å². The summed E-state index contributed by atoms with van der Waals surface area (Å²) in [6, 6.07) is 7.19. The van der Waals surface area contributed by atoms with Crippen LogP contribution in [0.15, 0.2) is 36.6 Å². The van der Waals surface area contributed by atoms with E-state index in [0.29, 0.717) is 17.9 Å². The van der Waals surface area contributed by atoms with Crippen molar-refractivity contribution in [2.45, 2.75) is 38.3 Å². The molecule has 0 aliphatic carbocycles. The number of ether oxygens (including phenoxy) is 2. The van der Waals surface area contributed by atoms with Crippen LogP contribution in [0.2, 0.25) is 0 Å². The first-order valence-electron chi connectivity index (χ1n) is 7.29. The maximum Gasteiger partial charge on any atom is 0.389 e. The second kappa shape index (κ2) is 9.14. The van der Waals surface area contributed by atoms with Crippen molar-refractivity contribution in [1.82, 2.24) is 0 Å². The highest BCUT2D eigenvalue weighted by Gasteiger charge is 2.26. The van der Waals surface area contributed by atoms with E-state index in [0.717, 1.165) is 5.56 Å². The summed E-state index contributed by atoms with van der Waals surface area (Å²) in [5, 5.41) is 0. The lowest BCUT2D eigenvalue weighted by atomic mass is 9.95. The Hall–Kier alpha value is -2.09. The van der Waals surface area contributed by atoms with E-state index < -0.39 is 12.6 Å². The monoisotopic (exact) mass is 326 g/mol. The number of benzene rings is 1. The molecule has 23 heavy (non-hydrogen) atoms. The van der Waals surface area contributed by atoms with E-state index in [1.807, 2.05) is 12.1 Å². The zero-order chi connectivity index (χ0) is 17.3. The zero-order valence-corrected chi connectivity index (χ0v) is 13.4. The molecule has 126 valence electrons. The average molecular weight is 326 g/mol. The Morgan fingerprint density at radius 1 is 1.26 bits per heavy atom. The van der Waals surface area contributed by atoms with E-state index in [1.165, 1.54) is 0 Å². The molecule has 0 aromatic heterocycles. The molecule has 0 saturated carbocycles.